The Labute approximate surface area is 144 Å². The molecule has 0 radical (unpaired) electrons. The van der Waals surface area contributed by atoms with Gasteiger partial charge in [-0.15, -0.1) is 0 Å². The van der Waals surface area contributed by atoms with Crippen LogP contribution in [0.3, 0.4) is 0 Å². The van der Waals surface area contributed by atoms with Crippen LogP contribution in [0, 0.1) is 0 Å². The van der Waals surface area contributed by atoms with Crippen LogP contribution in [0.4, 0.5) is 11.4 Å². The van der Waals surface area contributed by atoms with E-state index in [1.54, 1.807) is 23.1 Å². The highest BCUT2D eigenvalue weighted by molar-refractivity contribution is 6.14. The van der Waals surface area contributed by atoms with Crippen LogP contribution in [-0.4, -0.2) is 39.2 Å². The fraction of sp³-hybridized carbons (Fsp3) is 0.412. The lowest BCUT2D eigenvalue weighted by Crippen LogP contribution is -2.42. The van der Waals surface area contributed by atoms with E-state index < -0.39 is 0 Å². The number of pyridine rings is 1. The summed E-state index contributed by atoms with van der Waals surface area (Å²) in [6.07, 6.45) is 3.65. The smallest absolute Gasteiger partial charge is 0.279 e. The molecular weight excluding hydrogens is 322 g/mol. The molecule has 1 N–H and O–H groups in total. The number of nitrogens with one attached hydrogen (secondary N) is 1. The van der Waals surface area contributed by atoms with E-state index in [0.717, 1.165) is 11.3 Å². The highest BCUT2D eigenvalue weighted by Crippen LogP contribution is 2.34. The SMILES string of the molecule is C[C@@H]1Cc2c(C(=O)N3CC(=O)Nc4cnccc43)nn(C)c2[C@H](C)O1. The van der Waals surface area contributed by atoms with Crippen molar-refractivity contribution >= 4 is 23.2 Å². The highest BCUT2D eigenvalue weighted by atomic mass is 16.5. The topological polar surface area (TPSA) is 89.4 Å². The first kappa shape index (κ1) is 15.8. The van der Waals surface area contributed by atoms with Crippen molar-refractivity contribution in [1.82, 2.24) is 14.8 Å². The van der Waals surface area contributed by atoms with Crippen molar-refractivity contribution in [3.63, 3.8) is 0 Å². The number of aryl methyl sites for hydroxylation is 1. The Balaban J connectivity index is 1.78. The Morgan fingerprint density at radius 3 is 3.00 bits per heavy atom. The van der Waals surface area contributed by atoms with E-state index in [9.17, 15) is 9.59 Å². The summed E-state index contributed by atoms with van der Waals surface area (Å²) in [7, 11) is 1.81. The van der Waals surface area contributed by atoms with Crippen LogP contribution in [0.5, 0.6) is 0 Å². The monoisotopic (exact) mass is 341 g/mol. The van der Waals surface area contributed by atoms with Gasteiger partial charge in [0.15, 0.2) is 5.69 Å². The van der Waals surface area contributed by atoms with Crippen molar-refractivity contribution in [2.75, 3.05) is 16.8 Å². The van der Waals surface area contributed by atoms with Gasteiger partial charge in [0.2, 0.25) is 5.91 Å². The number of hydrogen-bond acceptors (Lipinski definition) is 5. The number of nitrogens with zero attached hydrogens (tertiary/aromatic N) is 4. The molecule has 130 valence electrons. The Morgan fingerprint density at radius 1 is 1.40 bits per heavy atom. The van der Waals surface area contributed by atoms with E-state index in [2.05, 4.69) is 15.4 Å². The zero-order valence-electron chi connectivity index (χ0n) is 14.3. The lowest BCUT2D eigenvalue weighted by atomic mass is 9.99. The minimum atomic E-state index is -0.277. The molecule has 0 aromatic carbocycles. The third-order valence-corrected chi connectivity index (χ3v) is 4.62. The second kappa shape index (κ2) is 5.66. The molecule has 0 aliphatic carbocycles. The maximum absolute atomic E-state index is 13.2. The average molecular weight is 341 g/mol. The molecule has 25 heavy (non-hydrogen) atoms. The Hall–Kier alpha value is -2.74. The molecule has 4 rings (SSSR count). The van der Waals surface area contributed by atoms with Crippen molar-refractivity contribution in [2.45, 2.75) is 32.5 Å². The van der Waals surface area contributed by atoms with Crippen LogP contribution in [-0.2, 0) is 23.0 Å². The van der Waals surface area contributed by atoms with Crippen LogP contribution in [0.1, 0.15) is 41.7 Å². The van der Waals surface area contributed by atoms with E-state index >= 15 is 0 Å². The third-order valence-electron chi connectivity index (χ3n) is 4.62. The fourth-order valence-corrected chi connectivity index (χ4v) is 3.66. The lowest BCUT2D eigenvalue weighted by molar-refractivity contribution is -0.115. The fourth-order valence-electron chi connectivity index (χ4n) is 3.66. The molecule has 4 heterocycles. The van der Waals surface area contributed by atoms with E-state index in [1.165, 1.54) is 4.90 Å². The highest BCUT2D eigenvalue weighted by Gasteiger charge is 2.35. The number of amides is 2. The van der Waals surface area contributed by atoms with Gasteiger partial charge in [-0.2, -0.15) is 5.10 Å². The van der Waals surface area contributed by atoms with Gasteiger partial charge in [0.05, 0.1) is 35.5 Å². The second-order valence-electron chi connectivity index (χ2n) is 6.46. The van der Waals surface area contributed by atoms with E-state index in [4.69, 9.17) is 4.74 Å². The van der Waals surface area contributed by atoms with Crippen molar-refractivity contribution in [3.8, 4) is 0 Å². The maximum atomic E-state index is 13.2. The largest absolute Gasteiger partial charge is 0.369 e. The number of ether oxygens (including phenoxy) is 1. The van der Waals surface area contributed by atoms with Gasteiger partial charge in [-0.25, -0.2) is 0 Å². The minimum Gasteiger partial charge on any atom is -0.369 e. The minimum absolute atomic E-state index is 0.0133. The quantitative estimate of drug-likeness (QED) is 0.848. The number of aromatic nitrogens is 3. The number of carbonyl (C=O) groups excluding carboxylic acids is 2. The molecule has 2 aliphatic heterocycles. The molecule has 0 bridgehead atoms. The summed E-state index contributed by atoms with van der Waals surface area (Å²) in [5.41, 5.74) is 3.37. The molecule has 8 heteroatoms. The maximum Gasteiger partial charge on any atom is 0.279 e. The molecule has 8 nitrogen and oxygen atoms in total. The Morgan fingerprint density at radius 2 is 2.20 bits per heavy atom. The van der Waals surface area contributed by atoms with E-state index in [0.29, 0.717) is 23.5 Å². The summed E-state index contributed by atoms with van der Waals surface area (Å²) in [5, 5.41) is 7.19. The van der Waals surface area contributed by atoms with Gasteiger partial charge in [0.25, 0.3) is 5.91 Å². The van der Waals surface area contributed by atoms with Crippen LogP contribution >= 0.6 is 0 Å². The normalized spacial score (nSPS) is 22.2. The standard InChI is InChI=1S/C17H19N5O3/c1-9-6-11-15(20-21(3)16(11)10(2)25-9)17(24)22-8-14(23)19-12-7-18-5-4-13(12)22/h4-5,7,9-10H,6,8H2,1-3H3,(H,19,23)/t9-,10+/m1/s1. The lowest BCUT2D eigenvalue weighted by Gasteiger charge is -2.29. The zero-order chi connectivity index (χ0) is 17.7. The molecule has 0 saturated heterocycles. The van der Waals surface area contributed by atoms with Gasteiger partial charge in [-0.05, 0) is 19.9 Å². The number of hydrogen-bond donors (Lipinski definition) is 1. The zero-order valence-corrected chi connectivity index (χ0v) is 14.3. The molecule has 2 aliphatic rings. The summed E-state index contributed by atoms with van der Waals surface area (Å²) in [6.45, 7) is 3.90. The first-order chi connectivity index (χ1) is 12.0. The molecule has 0 unspecified atom stereocenters. The first-order valence-corrected chi connectivity index (χ1v) is 8.22. The second-order valence-corrected chi connectivity index (χ2v) is 6.46. The molecule has 2 amide bonds. The number of fused-ring (bicyclic) bond motifs is 2. The molecule has 0 spiro atoms. The van der Waals surface area contributed by atoms with E-state index in [-0.39, 0.29) is 30.6 Å². The number of carbonyl (C=O) groups is 2. The van der Waals surface area contributed by atoms with Crippen molar-refractivity contribution in [3.05, 3.63) is 35.4 Å². The predicted octanol–water partition coefficient (Wildman–Crippen LogP) is 1.44. The van der Waals surface area contributed by atoms with Crippen LogP contribution in [0.15, 0.2) is 18.5 Å². The summed E-state index contributed by atoms with van der Waals surface area (Å²) < 4.78 is 7.55. The Kier molecular flexibility index (Phi) is 3.57. The number of anilines is 2. The molecule has 0 saturated carbocycles. The summed E-state index contributed by atoms with van der Waals surface area (Å²) in [4.78, 5) is 30.7. The summed E-state index contributed by atoms with van der Waals surface area (Å²) >= 11 is 0. The van der Waals surface area contributed by atoms with E-state index in [1.807, 2.05) is 20.9 Å². The van der Waals surface area contributed by atoms with Gasteiger partial charge >= 0.3 is 0 Å². The van der Waals surface area contributed by atoms with Crippen LogP contribution in [0.25, 0.3) is 0 Å². The van der Waals surface area contributed by atoms with Gasteiger partial charge < -0.3 is 10.1 Å². The summed E-state index contributed by atoms with van der Waals surface area (Å²) in [5.74, 6) is -0.524. The molecule has 2 aromatic heterocycles. The molecule has 2 aromatic rings. The van der Waals surface area contributed by atoms with Crippen molar-refractivity contribution in [2.24, 2.45) is 7.05 Å². The molecule has 0 fully saturated rings. The third kappa shape index (κ3) is 2.49. The van der Waals surface area contributed by atoms with Crippen LogP contribution < -0.4 is 10.2 Å². The molecular formula is C17H19N5O3. The van der Waals surface area contributed by atoms with Crippen molar-refractivity contribution < 1.29 is 14.3 Å². The number of rotatable bonds is 1. The first-order valence-electron chi connectivity index (χ1n) is 8.22. The van der Waals surface area contributed by atoms with Gasteiger partial charge in [0.1, 0.15) is 6.54 Å². The summed E-state index contributed by atoms with van der Waals surface area (Å²) in [6, 6.07) is 1.72. The van der Waals surface area contributed by atoms with Crippen molar-refractivity contribution in [1.29, 1.82) is 0 Å². The van der Waals surface area contributed by atoms with Gasteiger partial charge in [0, 0.05) is 25.2 Å². The Bertz CT molecular complexity index is 875. The predicted molar refractivity (Wildman–Crippen MR) is 90.4 cm³/mol. The van der Waals surface area contributed by atoms with Gasteiger partial charge in [-0.1, -0.05) is 0 Å². The van der Waals surface area contributed by atoms with Gasteiger partial charge in [-0.3, -0.25) is 24.2 Å². The average Bonchev–Trinajstić information content (AvgIpc) is 2.90. The van der Waals surface area contributed by atoms with Crippen LogP contribution in [0.2, 0.25) is 0 Å². The molecule has 2 atom stereocenters.